The Balaban J connectivity index is 1.41. The Labute approximate surface area is 232 Å². The van der Waals surface area contributed by atoms with E-state index in [4.69, 9.17) is 11.6 Å². The summed E-state index contributed by atoms with van der Waals surface area (Å²) in [7, 11) is 0. The van der Waals surface area contributed by atoms with E-state index in [1.165, 1.54) is 41.5 Å². The monoisotopic (exact) mass is 555 g/mol. The Morgan fingerprint density at radius 3 is 2.35 bits per heavy atom. The molecular weight excluding hydrogens is 536 g/mol. The van der Waals surface area contributed by atoms with Gasteiger partial charge in [-0.15, -0.1) is 5.10 Å². The lowest BCUT2D eigenvalue weighted by molar-refractivity contribution is -0.614. The topological polar surface area (TPSA) is 99.2 Å². The number of nitrogens with zero attached hydrogens (tertiary/aromatic N) is 6. The predicted octanol–water partition coefficient (Wildman–Crippen LogP) is 5.66. The number of H-pyrrole nitrogens is 1. The maximum Gasteiger partial charge on any atom is 0.203 e. The number of halogens is 3. The quantitative estimate of drug-likeness (QED) is 0.202. The Bertz CT molecular complexity index is 1770. The lowest BCUT2D eigenvalue weighted by Crippen LogP contribution is -2.34. The summed E-state index contributed by atoms with van der Waals surface area (Å²) in [6, 6.07) is 21.0. The lowest BCUT2D eigenvalue weighted by Gasteiger charge is -2.16. The van der Waals surface area contributed by atoms with Crippen LogP contribution in [0.25, 0.3) is 28.1 Å². The SMILES string of the molecule is [O-][n+]1cc(-c2cc(Cl)ccc2-n2cnnn2)ccc1C(Cc1ccc(F)cc1)c1ncc(-c2ccc(F)cc2)[nH]1. The first-order valence-corrected chi connectivity index (χ1v) is 12.6. The standard InChI is InChI=1S/C29H20ClF2N7O/c30-21-6-12-27(38-17-34-36-37-38)24(14-21)20-5-11-28(39(40)16-20)25(13-18-1-7-22(31)8-2-18)29-33-15-26(35-29)19-3-9-23(32)10-4-19/h1-12,14-17,25H,13H2,(H,33,35). The van der Waals surface area contributed by atoms with Gasteiger partial charge in [-0.3, -0.25) is 0 Å². The van der Waals surface area contributed by atoms with Crippen molar-refractivity contribution in [1.82, 2.24) is 30.2 Å². The molecule has 1 unspecified atom stereocenters. The van der Waals surface area contributed by atoms with Crippen LogP contribution < -0.4 is 4.73 Å². The molecule has 0 amide bonds. The van der Waals surface area contributed by atoms with E-state index in [0.29, 0.717) is 45.5 Å². The summed E-state index contributed by atoms with van der Waals surface area (Å²) >= 11 is 6.29. The number of hydrogen-bond donors (Lipinski definition) is 1. The third kappa shape index (κ3) is 5.16. The van der Waals surface area contributed by atoms with Crippen molar-refractivity contribution >= 4 is 11.6 Å². The normalized spacial score (nSPS) is 12.0. The van der Waals surface area contributed by atoms with E-state index < -0.39 is 5.92 Å². The van der Waals surface area contributed by atoms with E-state index in [2.05, 4.69) is 25.5 Å². The fourth-order valence-corrected chi connectivity index (χ4v) is 4.79. The van der Waals surface area contributed by atoms with Gasteiger partial charge in [0.25, 0.3) is 0 Å². The second kappa shape index (κ2) is 10.7. The molecule has 8 nitrogen and oxygen atoms in total. The Kier molecular flexibility index (Phi) is 6.75. The van der Waals surface area contributed by atoms with Crippen molar-refractivity contribution in [2.45, 2.75) is 12.3 Å². The molecule has 3 aromatic carbocycles. The predicted molar refractivity (Wildman–Crippen MR) is 144 cm³/mol. The first-order chi connectivity index (χ1) is 19.4. The summed E-state index contributed by atoms with van der Waals surface area (Å²) in [5, 5.41) is 25.4. The van der Waals surface area contributed by atoms with E-state index in [-0.39, 0.29) is 11.6 Å². The molecule has 0 spiro atoms. The molecule has 1 atom stereocenters. The van der Waals surface area contributed by atoms with Crippen LogP contribution in [-0.2, 0) is 6.42 Å². The number of pyridine rings is 1. The van der Waals surface area contributed by atoms with Crippen molar-refractivity contribution in [3.8, 4) is 28.1 Å². The molecule has 0 saturated carbocycles. The summed E-state index contributed by atoms with van der Waals surface area (Å²) in [6.45, 7) is 0. The fourth-order valence-electron chi connectivity index (χ4n) is 4.62. The van der Waals surface area contributed by atoms with Crippen LogP contribution in [0, 0.1) is 16.8 Å². The zero-order chi connectivity index (χ0) is 27.6. The molecular formula is C29H20ClF2N7O. The number of nitrogens with one attached hydrogen (secondary N) is 1. The summed E-state index contributed by atoms with van der Waals surface area (Å²) in [5.74, 6) is -0.643. The van der Waals surface area contributed by atoms with Gasteiger partial charge in [-0.2, -0.15) is 9.41 Å². The largest absolute Gasteiger partial charge is 0.618 e. The number of benzene rings is 3. The van der Waals surface area contributed by atoms with E-state index >= 15 is 0 Å². The summed E-state index contributed by atoms with van der Waals surface area (Å²) in [4.78, 5) is 7.85. The highest BCUT2D eigenvalue weighted by Gasteiger charge is 2.27. The van der Waals surface area contributed by atoms with Gasteiger partial charge in [0.15, 0.2) is 6.20 Å². The third-order valence-electron chi connectivity index (χ3n) is 6.60. The molecule has 198 valence electrons. The first-order valence-electron chi connectivity index (χ1n) is 12.3. The second-order valence-electron chi connectivity index (χ2n) is 9.16. The number of hydrogen-bond acceptors (Lipinski definition) is 5. The first kappa shape index (κ1) is 25.3. The number of aromatic nitrogens is 7. The Hall–Kier alpha value is -4.96. The average molecular weight is 556 g/mol. The van der Waals surface area contributed by atoms with Crippen LogP contribution in [0.5, 0.6) is 0 Å². The molecule has 6 aromatic rings. The van der Waals surface area contributed by atoms with Gasteiger partial charge in [-0.1, -0.05) is 23.7 Å². The van der Waals surface area contributed by atoms with Crippen LogP contribution in [0.1, 0.15) is 23.0 Å². The van der Waals surface area contributed by atoms with E-state index in [9.17, 15) is 14.0 Å². The minimum Gasteiger partial charge on any atom is -0.618 e. The molecule has 0 saturated heterocycles. The molecule has 3 heterocycles. The van der Waals surface area contributed by atoms with Crippen LogP contribution in [0.15, 0.2) is 97.6 Å². The van der Waals surface area contributed by atoms with Gasteiger partial charge >= 0.3 is 0 Å². The molecule has 0 bridgehead atoms. The van der Waals surface area contributed by atoms with Crippen LogP contribution in [0.4, 0.5) is 8.78 Å². The van der Waals surface area contributed by atoms with Crippen LogP contribution in [0.2, 0.25) is 5.02 Å². The maximum atomic E-state index is 13.6. The molecule has 40 heavy (non-hydrogen) atoms. The highest BCUT2D eigenvalue weighted by Crippen LogP contribution is 2.31. The summed E-state index contributed by atoms with van der Waals surface area (Å²) in [6.07, 6.45) is 4.95. The van der Waals surface area contributed by atoms with Crippen molar-refractivity contribution in [2.75, 3.05) is 0 Å². The molecule has 3 aromatic heterocycles. The second-order valence-corrected chi connectivity index (χ2v) is 9.59. The third-order valence-corrected chi connectivity index (χ3v) is 6.84. The summed E-state index contributed by atoms with van der Waals surface area (Å²) < 4.78 is 29.3. The van der Waals surface area contributed by atoms with Crippen molar-refractivity contribution < 1.29 is 13.5 Å². The fraction of sp³-hybridized carbons (Fsp3) is 0.0690. The van der Waals surface area contributed by atoms with Crippen molar-refractivity contribution in [3.63, 3.8) is 0 Å². The maximum absolute atomic E-state index is 13.6. The minimum atomic E-state index is -0.496. The molecule has 6 rings (SSSR count). The van der Waals surface area contributed by atoms with Gasteiger partial charge in [-0.25, -0.2) is 13.8 Å². The number of imidazole rings is 1. The number of aromatic amines is 1. The van der Waals surface area contributed by atoms with Gasteiger partial charge in [0.05, 0.1) is 17.6 Å². The molecule has 1 N–H and O–H groups in total. The number of rotatable bonds is 7. The average Bonchev–Trinajstić information content (AvgIpc) is 3.67. The molecule has 0 aliphatic heterocycles. The molecule has 11 heteroatoms. The van der Waals surface area contributed by atoms with Gasteiger partial charge in [0, 0.05) is 22.2 Å². The van der Waals surface area contributed by atoms with E-state index in [1.807, 2.05) is 6.07 Å². The minimum absolute atomic E-state index is 0.340. The molecule has 0 fully saturated rings. The molecule has 0 radical (unpaired) electrons. The van der Waals surface area contributed by atoms with Crippen LogP contribution in [-0.4, -0.2) is 30.2 Å². The van der Waals surface area contributed by atoms with Crippen molar-refractivity contribution in [2.24, 2.45) is 0 Å². The zero-order valence-electron chi connectivity index (χ0n) is 20.7. The van der Waals surface area contributed by atoms with Crippen LogP contribution >= 0.6 is 11.6 Å². The highest BCUT2D eigenvalue weighted by atomic mass is 35.5. The van der Waals surface area contributed by atoms with E-state index in [1.54, 1.807) is 54.7 Å². The zero-order valence-corrected chi connectivity index (χ0v) is 21.5. The lowest BCUT2D eigenvalue weighted by atomic mass is 9.94. The Morgan fingerprint density at radius 1 is 0.925 bits per heavy atom. The molecule has 0 aliphatic carbocycles. The van der Waals surface area contributed by atoms with Gasteiger partial charge in [0.1, 0.15) is 29.7 Å². The molecule has 0 aliphatic rings. The van der Waals surface area contributed by atoms with Gasteiger partial charge in [0.2, 0.25) is 5.69 Å². The van der Waals surface area contributed by atoms with Crippen molar-refractivity contribution in [1.29, 1.82) is 0 Å². The summed E-state index contributed by atoms with van der Waals surface area (Å²) in [5.41, 5.74) is 4.62. The van der Waals surface area contributed by atoms with Crippen molar-refractivity contribution in [3.05, 3.63) is 137 Å². The van der Waals surface area contributed by atoms with Crippen LogP contribution in [0.3, 0.4) is 0 Å². The smallest absolute Gasteiger partial charge is 0.203 e. The van der Waals surface area contributed by atoms with Gasteiger partial charge in [-0.05, 0) is 88.6 Å². The van der Waals surface area contributed by atoms with E-state index in [0.717, 1.165) is 15.9 Å². The number of tetrazole rings is 1. The van der Waals surface area contributed by atoms with Gasteiger partial charge < -0.3 is 10.2 Å². The Morgan fingerprint density at radius 2 is 1.65 bits per heavy atom. The highest BCUT2D eigenvalue weighted by molar-refractivity contribution is 6.31.